The zero-order valence-corrected chi connectivity index (χ0v) is 10.4. The van der Waals surface area contributed by atoms with Crippen LogP contribution in [-0.2, 0) is 6.54 Å². The van der Waals surface area contributed by atoms with E-state index in [0.717, 1.165) is 16.6 Å². The van der Waals surface area contributed by atoms with Crippen molar-refractivity contribution in [3.05, 3.63) is 70.2 Å². The summed E-state index contributed by atoms with van der Waals surface area (Å²) in [5.74, 6) is 0. The third-order valence-corrected chi connectivity index (χ3v) is 2.97. The van der Waals surface area contributed by atoms with Crippen molar-refractivity contribution >= 4 is 22.1 Å². The molecular weight excluding hydrogens is 262 g/mol. The molecule has 0 N–H and O–H groups in total. The molecule has 0 saturated carbocycles. The summed E-state index contributed by atoms with van der Waals surface area (Å²) in [4.78, 5) is 4.42. The summed E-state index contributed by atoms with van der Waals surface area (Å²) in [7, 11) is 0. The maximum Gasteiger partial charge on any atom is 0.0639 e. The average molecular weight is 274 g/mol. The molecule has 0 amide bonds. The Morgan fingerprint density at radius 1 is 0.938 bits per heavy atom. The first-order valence-corrected chi connectivity index (χ1v) is 5.94. The minimum Gasteiger partial charge on any atom is -0.288 e. The van der Waals surface area contributed by atoms with Gasteiger partial charge in [0.2, 0.25) is 0 Å². The van der Waals surface area contributed by atoms with E-state index in [4.69, 9.17) is 0 Å². The molecule has 0 unspecified atom stereocenters. The summed E-state index contributed by atoms with van der Waals surface area (Å²) in [5, 5.41) is 0. The highest BCUT2D eigenvalue weighted by Crippen LogP contribution is 2.13. The zero-order valence-electron chi connectivity index (χ0n) is 8.81. The summed E-state index contributed by atoms with van der Waals surface area (Å²) < 4.78 is 1.08. The highest BCUT2D eigenvalue weighted by Gasteiger charge is 1.93. The monoisotopic (exact) mass is 273 g/mol. The molecule has 0 saturated heterocycles. The largest absolute Gasteiger partial charge is 0.288 e. The van der Waals surface area contributed by atoms with Gasteiger partial charge in [-0.15, -0.1) is 0 Å². The van der Waals surface area contributed by atoms with Crippen LogP contribution in [0.3, 0.4) is 0 Å². The first kappa shape index (κ1) is 11.1. The van der Waals surface area contributed by atoms with E-state index in [9.17, 15) is 0 Å². The molecule has 2 aromatic carbocycles. The molecule has 2 heteroatoms. The maximum absolute atomic E-state index is 4.42. The van der Waals surface area contributed by atoms with Crippen molar-refractivity contribution in [3.8, 4) is 0 Å². The van der Waals surface area contributed by atoms with Crippen LogP contribution in [0.5, 0.6) is 0 Å². The van der Waals surface area contributed by atoms with Gasteiger partial charge < -0.3 is 0 Å². The van der Waals surface area contributed by atoms with Crippen molar-refractivity contribution in [1.82, 2.24) is 0 Å². The second kappa shape index (κ2) is 5.61. The van der Waals surface area contributed by atoms with Crippen LogP contribution < -0.4 is 0 Å². The van der Waals surface area contributed by atoms with Crippen molar-refractivity contribution in [1.29, 1.82) is 0 Å². The third kappa shape index (κ3) is 3.04. The maximum atomic E-state index is 4.42. The van der Waals surface area contributed by atoms with E-state index in [1.165, 1.54) is 5.56 Å². The fraction of sp³-hybridized carbons (Fsp3) is 0.0714. The lowest BCUT2D eigenvalue weighted by atomic mass is 10.2. The van der Waals surface area contributed by atoms with Crippen molar-refractivity contribution in [2.45, 2.75) is 6.54 Å². The highest BCUT2D eigenvalue weighted by atomic mass is 79.9. The summed E-state index contributed by atoms with van der Waals surface area (Å²) >= 11 is 3.49. The molecule has 0 aliphatic rings. The minimum absolute atomic E-state index is 0.724. The van der Waals surface area contributed by atoms with Gasteiger partial charge in [-0.1, -0.05) is 64.5 Å². The van der Waals surface area contributed by atoms with E-state index in [-0.39, 0.29) is 0 Å². The number of benzene rings is 2. The van der Waals surface area contributed by atoms with Crippen LogP contribution in [-0.4, -0.2) is 6.21 Å². The minimum atomic E-state index is 0.724. The van der Waals surface area contributed by atoms with E-state index in [1.807, 2.05) is 48.7 Å². The second-order valence-corrected chi connectivity index (χ2v) is 4.33. The second-order valence-electron chi connectivity index (χ2n) is 3.48. The first-order chi connectivity index (χ1) is 7.86. The van der Waals surface area contributed by atoms with Crippen molar-refractivity contribution in [2.75, 3.05) is 0 Å². The standard InChI is InChI=1S/C14H12BrN/c15-14-9-5-4-8-13(14)11-16-10-12-6-2-1-3-7-12/h1-9,11H,10H2/b16-11+. The molecule has 0 aliphatic heterocycles. The molecule has 0 radical (unpaired) electrons. The molecule has 0 aliphatic carbocycles. The van der Waals surface area contributed by atoms with Crippen LogP contribution in [0.4, 0.5) is 0 Å². The van der Waals surface area contributed by atoms with Crippen LogP contribution in [0.1, 0.15) is 11.1 Å². The molecule has 2 aromatic rings. The number of rotatable bonds is 3. The molecule has 0 fully saturated rings. The zero-order chi connectivity index (χ0) is 11.2. The van der Waals surface area contributed by atoms with Crippen molar-refractivity contribution < 1.29 is 0 Å². The van der Waals surface area contributed by atoms with Crippen LogP contribution in [0, 0.1) is 0 Å². The van der Waals surface area contributed by atoms with Gasteiger partial charge in [0, 0.05) is 16.3 Å². The third-order valence-electron chi connectivity index (χ3n) is 2.25. The Kier molecular flexibility index (Phi) is 3.89. The van der Waals surface area contributed by atoms with E-state index in [0.29, 0.717) is 0 Å². The molecule has 16 heavy (non-hydrogen) atoms. The fourth-order valence-electron chi connectivity index (χ4n) is 1.41. The van der Waals surface area contributed by atoms with Gasteiger partial charge in [-0.25, -0.2) is 0 Å². The molecule has 0 aromatic heterocycles. The van der Waals surface area contributed by atoms with Gasteiger partial charge in [0.05, 0.1) is 6.54 Å². The lowest BCUT2D eigenvalue weighted by molar-refractivity contribution is 1.08. The van der Waals surface area contributed by atoms with Gasteiger partial charge in [-0.05, 0) is 11.6 Å². The van der Waals surface area contributed by atoms with Crippen molar-refractivity contribution in [2.24, 2.45) is 4.99 Å². The smallest absolute Gasteiger partial charge is 0.0639 e. The molecular formula is C14H12BrN. The van der Waals surface area contributed by atoms with Gasteiger partial charge >= 0.3 is 0 Å². The number of hydrogen-bond acceptors (Lipinski definition) is 1. The summed E-state index contributed by atoms with van der Waals surface area (Å²) in [6, 6.07) is 18.3. The number of aliphatic imine (C=N–C) groups is 1. The van der Waals surface area contributed by atoms with E-state index in [1.54, 1.807) is 0 Å². The Hall–Kier alpha value is -1.41. The van der Waals surface area contributed by atoms with Crippen LogP contribution in [0.25, 0.3) is 0 Å². The van der Waals surface area contributed by atoms with Gasteiger partial charge in [0.15, 0.2) is 0 Å². The molecule has 2 rings (SSSR count). The Morgan fingerprint density at radius 3 is 2.38 bits per heavy atom. The Labute approximate surface area is 104 Å². The van der Waals surface area contributed by atoms with Crippen molar-refractivity contribution in [3.63, 3.8) is 0 Å². The Bertz CT molecular complexity index is 477. The Balaban J connectivity index is 2.03. The normalized spacial score (nSPS) is 10.8. The summed E-state index contributed by atoms with van der Waals surface area (Å²) in [6.07, 6.45) is 1.90. The molecule has 0 heterocycles. The van der Waals surface area contributed by atoms with Gasteiger partial charge in [-0.2, -0.15) is 0 Å². The molecule has 1 nitrogen and oxygen atoms in total. The summed E-state index contributed by atoms with van der Waals surface area (Å²) in [5.41, 5.74) is 2.34. The highest BCUT2D eigenvalue weighted by molar-refractivity contribution is 9.10. The molecule has 0 spiro atoms. The first-order valence-electron chi connectivity index (χ1n) is 5.14. The van der Waals surface area contributed by atoms with Gasteiger partial charge in [0.25, 0.3) is 0 Å². The number of nitrogens with zero attached hydrogens (tertiary/aromatic N) is 1. The predicted octanol–water partition coefficient (Wildman–Crippen LogP) is 4.07. The fourth-order valence-corrected chi connectivity index (χ4v) is 1.80. The quantitative estimate of drug-likeness (QED) is 0.748. The van der Waals surface area contributed by atoms with Crippen LogP contribution in [0.15, 0.2) is 64.1 Å². The van der Waals surface area contributed by atoms with E-state index in [2.05, 4.69) is 33.1 Å². The molecule has 80 valence electrons. The van der Waals surface area contributed by atoms with Crippen LogP contribution >= 0.6 is 15.9 Å². The molecule has 0 atom stereocenters. The van der Waals surface area contributed by atoms with E-state index < -0.39 is 0 Å². The lowest BCUT2D eigenvalue weighted by Gasteiger charge is -1.97. The lowest BCUT2D eigenvalue weighted by Crippen LogP contribution is -1.85. The molecule has 0 bridgehead atoms. The Morgan fingerprint density at radius 2 is 1.62 bits per heavy atom. The topological polar surface area (TPSA) is 12.4 Å². The average Bonchev–Trinajstić information content (AvgIpc) is 2.33. The number of halogens is 1. The summed E-state index contributed by atoms with van der Waals surface area (Å²) in [6.45, 7) is 0.724. The number of hydrogen-bond donors (Lipinski definition) is 0. The van der Waals surface area contributed by atoms with Crippen LogP contribution in [0.2, 0.25) is 0 Å². The van der Waals surface area contributed by atoms with E-state index >= 15 is 0 Å². The SMILES string of the molecule is Brc1ccccc1/C=N/Cc1ccccc1. The predicted molar refractivity (Wildman–Crippen MR) is 71.9 cm³/mol. The van der Waals surface area contributed by atoms with Gasteiger partial charge in [0.1, 0.15) is 0 Å². The van der Waals surface area contributed by atoms with Gasteiger partial charge in [-0.3, -0.25) is 4.99 Å².